The van der Waals surface area contributed by atoms with Gasteiger partial charge >= 0.3 is 0 Å². The number of nitrogens with zero attached hydrogens (tertiary/aromatic N) is 5. The van der Waals surface area contributed by atoms with Gasteiger partial charge in [-0.25, -0.2) is 19.3 Å². The Kier molecular flexibility index (Phi) is 5.02. The van der Waals surface area contributed by atoms with Crippen molar-refractivity contribution >= 4 is 17.3 Å². The number of alkyl halides is 1. The number of imidazole rings is 1. The fourth-order valence-electron chi connectivity index (χ4n) is 4.41. The zero-order chi connectivity index (χ0) is 21.6. The lowest BCUT2D eigenvalue weighted by molar-refractivity contribution is 0.0263. The van der Waals surface area contributed by atoms with Gasteiger partial charge in [0.05, 0.1) is 41.6 Å². The van der Waals surface area contributed by atoms with Crippen molar-refractivity contribution in [1.82, 2.24) is 24.7 Å². The van der Waals surface area contributed by atoms with Gasteiger partial charge in [0.15, 0.2) is 5.65 Å². The molecule has 3 aromatic rings. The highest BCUT2D eigenvalue weighted by Gasteiger charge is 2.34. The third-order valence-electron chi connectivity index (χ3n) is 6.38. The van der Waals surface area contributed by atoms with E-state index < -0.39 is 11.8 Å². The molecule has 164 valence electrons. The van der Waals surface area contributed by atoms with Gasteiger partial charge in [-0.2, -0.15) is 0 Å². The van der Waals surface area contributed by atoms with Crippen LogP contribution in [0.2, 0.25) is 0 Å². The van der Waals surface area contributed by atoms with Crippen molar-refractivity contribution in [2.75, 3.05) is 36.4 Å². The van der Waals surface area contributed by atoms with Gasteiger partial charge < -0.3 is 20.6 Å². The molecule has 3 N–H and O–H groups in total. The molecule has 5 rings (SSSR count). The number of hydrogen-bond acceptors (Lipinski definition) is 7. The number of aromatic nitrogens is 4. The zero-order valence-electron chi connectivity index (χ0n) is 17.8. The Bertz CT molecular complexity index is 1080. The average Bonchev–Trinajstić information content (AvgIpc) is 3.47. The van der Waals surface area contributed by atoms with E-state index in [4.69, 9.17) is 4.98 Å². The molecule has 8 nitrogen and oxygen atoms in total. The Morgan fingerprint density at radius 1 is 1.23 bits per heavy atom. The van der Waals surface area contributed by atoms with Gasteiger partial charge in [-0.15, -0.1) is 0 Å². The Morgan fingerprint density at radius 3 is 2.84 bits per heavy atom. The predicted molar refractivity (Wildman–Crippen MR) is 118 cm³/mol. The first-order chi connectivity index (χ1) is 14.9. The maximum Gasteiger partial charge on any atom is 0.155 e. The van der Waals surface area contributed by atoms with Gasteiger partial charge in [0.2, 0.25) is 0 Å². The maximum absolute atomic E-state index is 14.0. The summed E-state index contributed by atoms with van der Waals surface area (Å²) >= 11 is 0. The van der Waals surface area contributed by atoms with Crippen molar-refractivity contribution in [2.45, 2.75) is 38.1 Å². The molecule has 0 aromatic carbocycles. The highest BCUT2D eigenvalue weighted by molar-refractivity contribution is 5.63. The summed E-state index contributed by atoms with van der Waals surface area (Å²) in [6.07, 6.45) is 5.52. The van der Waals surface area contributed by atoms with Gasteiger partial charge in [-0.1, -0.05) is 6.07 Å². The lowest BCUT2D eigenvalue weighted by Gasteiger charge is -2.25. The Balaban J connectivity index is 1.42. The fourth-order valence-corrected chi connectivity index (χ4v) is 4.41. The molecule has 0 saturated carbocycles. The molecular formula is C22H28FN7O. The third kappa shape index (κ3) is 3.95. The van der Waals surface area contributed by atoms with E-state index in [1.54, 1.807) is 12.4 Å². The summed E-state index contributed by atoms with van der Waals surface area (Å²) in [5.41, 5.74) is 1.64. The van der Waals surface area contributed by atoms with Crippen molar-refractivity contribution < 1.29 is 9.50 Å². The second-order valence-electron chi connectivity index (χ2n) is 9.04. The van der Waals surface area contributed by atoms with Crippen LogP contribution in [0.5, 0.6) is 0 Å². The van der Waals surface area contributed by atoms with Crippen molar-refractivity contribution in [1.29, 1.82) is 0 Å². The number of anilines is 2. The number of pyridine rings is 1. The van der Waals surface area contributed by atoms with Crippen molar-refractivity contribution in [3.8, 4) is 11.4 Å². The molecule has 5 heterocycles. The zero-order valence-corrected chi connectivity index (χ0v) is 17.8. The van der Waals surface area contributed by atoms with Crippen LogP contribution in [-0.2, 0) is 0 Å². The Hall–Kier alpha value is -2.78. The van der Waals surface area contributed by atoms with Crippen LogP contribution in [0.3, 0.4) is 0 Å². The quantitative estimate of drug-likeness (QED) is 0.577. The molecule has 9 heteroatoms. The minimum absolute atomic E-state index is 0.209. The number of fused-ring (bicyclic) bond motifs is 1. The van der Waals surface area contributed by atoms with Crippen LogP contribution in [-0.4, -0.2) is 68.5 Å². The van der Waals surface area contributed by atoms with Gasteiger partial charge in [0.1, 0.15) is 17.8 Å². The summed E-state index contributed by atoms with van der Waals surface area (Å²) < 4.78 is 15.9. The van der Waals surface area contributed by atoms with Gasteiger partial charge in [0, 0.05) is 32.1 Å². The van der Waals surface area contributed by atoms with Crippen LogP contribution in [0.25, 0.3) is 17.0 Å². The van der Waals surface area contributed by atoms with Crippen molar-refractivity contribution in [3.63, 3.8) is 0 Å². The largest absolute Gasteiger partial charge is 0.390 e. The summed E-state index contributed by atoms with van der Waals surface area (Å²) in [7, 11) is 0. The minimum Gasteiger partial charge on any atom is -0.390 e. The molecular weight excluding hydrogens is 397 g/mol. The van der Waals surface area contributed by atoms with Crippen LogP contribution < -0.4 is 15.5 Å². The maximum atomic E-state index is 14.0. The molecule has 0 spiro atoms. The fraction of sp³-hybridized carbons (Fsp3) is 0.500. The second kappa shape index (κ2) is 7.72. The summed E-state index contributed by atoms with van der Waals surface area (Å²) in [5.74, 6) is 1.71. The third-order valence-corrected chi connectivity index (χ3v) is 6.38. The first kappa shape index (κ1) is 20.1. The van der Waals surface area contributed by atoms with Crippen LogP contribution in [0.4, 0.5) is 16.0 Å². The highest BCUT2D eigenvalue weighted by atomic mass is 19.1. The molecule has 2 aliphatic heterocycles. The van der Waals surface area contributed by atoms with Crippen LogP contribution in [0.15, 0.2) is 36.8 Å². The number of halogens is 1. The van der Waals surface area contributed by atoms with E-state index in [2.05, 4.69) is 25.5 Å². The van der Waals surface area contributed by atoms with E-state index in [0.29, 0.717) is 18.9 Å². The Labute approximate surface area is 180 Å². The number of hydrogen-bond donors (Lipinski definition) is 3. The molecule has 2 saturated heterocycles. The first-order valence-electron chi connectivity index (χ1n) is 10.8. The molecule has 3 atom stereocenters. The lowest BCUT2D eigenvalue weighted by atomic mass is 9.90. The lowest BCUT2D eigenvalue weighted by Crippen LogP contribution is -2.33. The monoisotopic (exact) mass is 425 g/mol. The standard InChI is InChI=1S/C22H28FN7O/c1-22(2,31)14-6-7-29(12-14)21-13-30-18(10-25-20(30)11-26-21)16-4-3-5-19(27-16)28-17-9-24-8-15(17)23/h3-5,10-11,13-15,17,24,31H,6-9,12H2,1-2H3,(H,27,28). The molecule has 2 fully saturated rings. The highest BCUT2D eigenvalue weighted by Crippen LogP contribution is 2.30. The number of rotatable bonds is 5. The predicted octanol–water partition coefficient (Wildman–Crippen LogP) is 2.11. The molecule has 0 radical (unpaired) electrons. The Morgan fingerprint density at radius 2 is 2.10 bits per heavy atom. The van der Waals surface area contributed by atoms with E-state index in [9.17, 15) is 9.50 Å². The van der Waals surface area contributed by atoms with Crippen molar-refractivity contribution in [3.05, 3.63) is 36.8 Å². The van der Waals surface area contributed by atoms with Crippen LogP contribution >= 0.6 is 0 Å². The van der Waals surface area contributed by atoms with Crippen molar-refractivity contribution in [2.24, 2.45) is 5.92 Å². The topological polar surface area (TPSA) is 90.6 Å². The summed E-state index contributed by atoms with van der Waals surface area (Å²) in [5, 5.41) is 16.6. The molecule has 0 aliphatic carbocycles. The molecule has 0 bridgehead atoms. The van der Waals surface area contributed by atoms with E-state index in [0.717, 1.165) is 42.4 Å². The van der Waals surface area contributed by atoms with Gasteiger partial charge in [0.25, 0.3) is 0 Å². The molecule has 2 aliphatic rings. The normalized spacial score (nSPS) is 24.3. The molecule has 3 unspecified atom stereocenters. The molecule has 3 aromatic heterocycles. The van der Waals surface area contributed by atoms with Crippen LogP contribution in [0, 0.1) is 5.92 Å². The minimum atomic E-state index is -0.928. The molecule has 0 amide bonds. The smallest absolute Gasteiger partial charge is 0.155 e. The van der Waals surface area contributed by atoms with Gasteiger partial charge in [-0.05, 0) is 32.4 Å². The summed E-state index contributed by atoms with van der Waals surface area (Å²) in [6, 6.07) is 5.41. The van der Waals surface area contributed by atoms with E-state index >= 15 is 0 Å². The van der Waals surface area contributed by atoms with E-state index in [-0.39, 0.29) is 12.0 Å². The SMILES string of the molecule is CC(C)(O)C1CCN(c2cn3c(-c4cccc(NC5CNCC5F)n4)cnc3cn2)C1. The number of aliphatic hydroxyl groups is 1. The summed E-state index contributed by atoms with van der Waals surface area (Å²) in [6.45, 7) is 6.30. The molecule has 31 heavy (non-hydrogen) atoms. The van der Waals surface area contributed by atoms with E-state index in [1.165, 1.54) is 0 Å². The second-order valence-corrected chi connectivity index (χ2v) is 9.04. The van der Waals surface area contributed by atoms with Crippen LogP contribution in [0.1, 0.15) is 20.3 Å². The van der Waals surface area contributed by atoms with Gasteiger partial charge in [-0.3, -0.25) is 4.40 Å². The average molecular weight is 426 g/mol. The van der Waals surface area contributed by atoms with E-state index in [1.807, 2.05) is 42.6 Å². The number of nitrogens with one attached hydrogen (secondary N) is 2. The first-order valence-corrected chi connectivity index (χ1v) is 10.8. The summed E-state index contributed by atoms with van der Waals surface area (Å²) in [4.78, 5) is 16.0.